The zero-order valence-corrected chi connectivity index (χ0v) is 12.5. The highest BCUT2D eigenvalue weighted by Gasteiger charge is 2.13. The molecule has 1 heterocycles. The normalized spacial score (nSPS) is 10.8. The third-order valence-corrected chi connectivity index (χ3v) is 4.05. The van der Waals surface area contributed by atoms with Gasteiger partial charge in [-0.1, -0.05) is 30.0 Å². The summed E-state index contributed by atoms with van der Waals surface area (Å²) in [6.45, 7) is 3.12. The lowest BCUT2D eigenvalue weighted by Crippen LogP contribution is -2.08. The molecule has 112 valence electrons. The number of thioether (sulfide) groups is 1. The summed E-state index contributed by atoms with van der Waals surface area (Å²) in [5, 5.41) is 19.9. The maximum atomic E-state index is 11.0. The van der Waals surface area contributed by atoms with E-state index < -0.39 is 0 Å². The zero-order chi connectivity index (χ0) is 15.2. The number of nitro benzene ring substituents is 1. The molecule has 1 aromatic carbocycles. The minimum absolute atomic E-state index is 0.165. The predicted molar refractivity (Wildman–Crippen MR) is 81.1 cm³/mol. The Morgan fingerprint density at radius 3 is 2.81 bits per heavy atom. The summed E-state index contributed by atoms with van der Waals surface area (Å²) in [5.74, 6) is 1.46. The molecular weight excluding hydrogens is 290 g/mol. The molecule has 0 saturated carbocycles. The Balaban J connectivity index is 2.02. The molecule has 0 aliphatic heterocycles. The molecule has 0 saturated heterocycles. The lowest BCUT2D eigenvalue weighted by molar-refractivity contribution is -0.385. The minimum Gasteiger partial charge on any atom is -0.324 e. The molecular formula is C13H17N5O2S. The van der Waals surface area contributed by atoms with Crippen molar-refractivity contribution in [2.75, 3.05) is 5.75 Å². The van der Waals surface area contributed by atoms with E-state index in [-0.39, 0.29) is 10.6 Å². The highest BCUT2D eigenvalue weighted by atomic mass is 32.2. The second kappa shape index (κ2) is 7.19. The van der Waals surface area contributed by atoms with Crippen molar-refractivity contribution in [1.82, 2.24) is 14.8 Å². The number of benzene rings is 1. The van der Waals surface area contributed by atoms with Gasteiger partial charge in [0, 0.05) is 23.9 Å². The van der Waals surface area contributed by atoms with E-state index in [1.807, 2.05) is 17.6 Å². The number of hydrogen-bond acceptors (Lipinski definition) is 6. The summed E-state index contributed by atoms with van der Waals surface area (Å²) in [6.07, 6.45) is 0.607. The number of nitrogens with zero attached hydrogens (tertiary/aromatic N) is 4. The second-order valence-corrected chi connectivity index (χ2v) is 5.39. The molecule has 1 aromatic heterocycles. The lowest BCUT2D eigenvalue weighted by Gasteiger charge is -2.06. The van der Waals surface area contributed by atoms with Crippen LogP contribution in [0.1, 0.15) is 18.3 Å². The van der Waals surface area contributed by atoms with Crippen LogP contribution < -0.4 is 5.73 Å². The molecule has 0 amide bonds. The van der Waals surface area contributed by atoms with E-state index in [1.54, 1.807) is 12.1 Å². The van der Waals surface area contributed by atoms with Crippen LogP contribution >= 0.6 is 11.8 Å². The van der Waals surface area contributed by atoms with Crippen molar-refractivity contribution in [3.63, 3.8) is 0 Å². The van der Waals surface area contributed by atoms with Crippen LogP contribution in [0.25, 0.3) is 0 Å². The maximum Gasteiger partial charge on any atom is 0.272 e. The summed E-state index contributed by atoms with van der Waals surface area (Å²) >= 11 is 1.53. The van der Waals surface area contributed by atoms with Gasteiger partial charge < -0.3 is 10.3 Å². The maximum absolute atomic E-state index is 11.0. The standard InChI is InChI=1S/C13H17N5O2S/c1-2-17-12(9-14)15-16-13(17)21-8-7-10-5-3-4-6-11(10)18(19)20/h3-6H,2,7-9,14H2,1H3. The summed E-state index contributed by atoms with van der Waals surface area (Å²) in [6, 6.07) is 6.81. The molecule has 2 N–H and O–H groups in total. The molecule has 0 aliphatic carbocycles. The first-order chi connectivity index (χ1) is 10.2. The zero-order valence-electron chi connectivity index (χ0n) is 11.7. The Morgan fingerprint density at radius 2 is 2.14 bits per heavy atom. The molecule has 0 spiro atoms. The smallest absolute Gasteiger partial charge is 0.272 e. The van der Waals surface area contributed by atoms with E-state index in [4.69, 9.17) is 5.73 Å². The van der Waals surface area contributed by atoms with Crippen molar-refractivity contribution in [2.24, 2.45) is 5.73 Å². The summed E-state index contributed by atoms with van der Waals surface area (Å²) in [5.41, 5.74) is 6.50. The molecule has 0 atom stereocenters. The molecule has 0 aliphatic rings. The van der Waals surface area contributed by atoms with Gasteiger partial charge in [0.05, 0.1) is 11.5 Å². The SMILES string of the molecule is CCn1c(CN)nnc1SCCc1ccccc1[N+](=O)[O-]. The monoisotopic (exact) mass is 307 g/mol. The van der Waals surface area contributed by atoms with Crippen LogP contribution in [0.5, 0.6) is 0 Å². The van der Waals surface area contributed by atoms with E-state index in [9.17, 15) is 10.1 Å². The van der Waals surface area contributed by atoms with E-state index in [1.165, 1.54) is 17.8 Å². The van der Waals surface area contributed by atoms with Gasteiger partial charge in [0.15, 0.2) is 5.16 Å². The van der Waals surface area contributed by atoms with Gasteiger partial charge in [0.25, 0.3) is 5.69 Å². The number of aromatic nitrogens is 3. The summed E-state index contributed by atoms with van der Waals surface area (Å²) < 4.78 is 1.96. The second-order valence-electron chi connectivity index (χ2n) is 4.33. The molecule has 2 rings (SSSR count). The number of nitrogens with two attached hydrogens (primary N) is 1. The Labute approximate surface area is 126 Å². The number of para-hydroxylation sites is 1. The van der Waals surface area contributed by atoms with Gasteiger partial charge >= 0.3 is 0 Å². The quantitative estimate of drug-likeness (QED) is 0.477. The fraction of sp³-hybridized carbons (Fsp3) is 0.385. The number of nitro groups is 1. The Hall–Kier alpha value is -1.93. The van der Waals surface area contributed by atoms with Crippen LogP contribution in [0.3, 0.4) is 0 Å². The van der Waals surface area contributed by atoms with Crippen molar-refractivity contribution in [2.45, 2.75) is 31.6 Å². The fourth-order valence-corrected chi connectivity index (χ4v) is 3.04. The average molecular weight is 307 g/mol. The van der Waals surface area contributed by atoms with Gasteiger partial charge in [-0.2, -0.15) is 0 Å². The van der Waals surface area contributed by atoms with Crippen LogP contribution in [-0.4, -0.2) is 25.4 Å². The first kappa shape index (κ1) is 15.5. The fourth-order valence-electron chi connectivity index (χ4n) is 2.05. The predicted octanol–water partition coefficient (Wildman–Crippen LogP) is 2.00. The third-order valence-electron chi connectivity index (χ3n) is 3.08. The highest BCUT2D eigenvalue weighted by molar-refractivity contribution is 7.99. The van der Waals surface area contributed by atoms with E-state index in [0.717, 1.165) is 23.1 Å². The van der Waals surface area contributed by atoms with Crippen LogP contribution in [0, 0.1) is 10.1 Å². The molecule has 0 unspecified atom stereocenters. The van der Waals surface area contributed by atoms with Crippen molar-refractivity contribution in [1.29, 1.82) is 0 Å². The molecule has 21 heavy (non-hydrogen) atoms. The van der Waals surface area contributed by atoms with Crippen LogP contribution in [-0.2, 0) is 19.5 Å². The van der Waals surface area contributed by atoms with Crippen molar-refractivity contribution in [3.05, 3.63) is 45.8 Å². The van der Waals surface area contributed by atoms with Gasteiger partial charge in [0.1, 0.15) is 5.82 Å². The lowest BCUT2D eigenvalue weighted by atomic mass is 10.1. The number of hydrogen-bond donors (Lipinski definition) is 1. The van der Waals surface area contributed by atoms with Crippen molar-refractivity contribution < 1.29 is 4.92 Å². The number of aryl methyl sites for hydroxylation is 1. The molecule has 2 aromatic rings. The summed E-state index contributed by atoms with van der Waals surface area (Å²) in [4.78, 5) is 10.6. The molecule has 0 radical (unpaired) electrons. The minimum atomic E-state index is -0.346. The summed E-state index contributed by atoms with van der Waals surface area (Å²) in [7, 11) is 0. The van der Waals surface area contributed by atoms with Crippen LogP contribution in [0.4, 0.5) is 5.69 Å². The number of rotatable bonds is 7. The van der Waals surface area contributed by atoms with E-state index in [0.29, 0.717) is 18.7 Å². The molecule has 0 fully saturated rings. The van der Waals surface area contributed by atoms with Gasteiger partial charge in [-0.15, -0.1) is 10.2 Å². The van der Waals surface area contributed by atoms with Gasteiger partial charge in [-0.3, -0.25) is 10.1 Å². The average Bonchev–Trinajstić information content (AvgIpc) is 2.89. The van der Waals surface area contributed by atoms with Gasteiger partial charge in [-0.05, 0) is 13.3 Å². The third kappa shape index (κ3) is 3.59. The first-order valence-corrected chi connectivity index (χ1v) is 7.63. The molecule has 7 nitrogen and oxygen atoms in total. The first-order valence-electron chi connectivity index (χ1n) is 6.64. The molecule has 8 heteroatoms. The van der Waals surface area contributed by atoms with Crippen LogP contribution in [0.15, 0.2) is 29.4 Å². The van der Waals surface area contributed by atoms with E-state index >= 15 is 0 Å². The molecule has 0 bridgehead atoms. The Bertz CT molecular complexity index is 629. The van der Waals surface area contributed by atoms with Gasteiger partial charge in [0.2, 0.25) is 0 Å². The Kier molecular flexibility index (Phi) is 5.29. The van der Waals surface area contributed by atoms with Crippen LogP contribution in [0.2, 0.25) is 0 Å². The van der Waals surface area contributed by atoms with Crippen molar-refractivity contribution >= 4 is 17.4 Å². The topological polar surface area (TPSA) is 99.9 Å². The van der Waals surface area contributed by atoms with Gasteiger partial charge in [-0.25, -0.2) is 0 Å². The van der Waals surface area contributed by atoms with E-state index in [2.05, 4.69) is 10.2 Å². The highest BCUT2D eigenvalue weighted by Crippen LogP contribution is 2.22. The van der Waals surface area contributed by atoms with Crippen molar-refractivity contribution in [3.8, 4) is 0 Å². The largest absolute Gasteiger partial charge is 0.324 e. The Morgan fingerprint density at radius 1 is 1.38 bits per heavy atom.